The number of nitrogens with zero attached hydrogens (tertiary/aromatic N) is 1. The van der Waals surface area contributed by atoms with Crippen molar-refractivity contribution in [3.05, 3.63) is 39.9 Å². The Morgan fingerprint density at radius 3 is 2.52 bits per heavy atom. The van der Waals surface area contributed by atoms with Crippen LogP contribution in [0.4, 0.5) is 0 Å². The third kappa shape index (κ3) is 6.45. The molecule has 0 saturated carbocycles. The molecular weight excluding hydrogens is 320 g/mol. The molecule has 0 radical (unpaired) electrons. The number of carbonyl (C=O) groups is 1. The summed E-state index contributed by atoms with van der Waals surface area (Å²) in [7, 11) is -1.55. The number of esters is 1. The number of hydrogen-bond donors (Lipinski definition) is 1. The Hall–Kier alpha value is -1.80. The average Bonchev–Trinajstić information content (AvgIpc) is 2.47. The van der Waals surface area contributed by atoms with Crippen LogP contribution in [0, 0.1) is 17.0 Å². The van der Waals surface area contributed by atoms with Crippen LogP contribution in [0.25, 0.3) is 0 Å². The number of hydrogen-bond acceptors (Lipinski definition) is 5. The van der Waals surface area contributed by atoms with Crippen molar-refractivity contribution in [2.24, 2.45) is 0 Å². The molecule has 0 aliphatic heterocycles. The number of nitrogens with one attached hydrogen (secondary N) is 1. The second kappa shape index (κ2) is 9.36. The zero-order chi connectivity index (χ0) is 17.4. The van der Waals surface area contributed by atoms with Gasteiger partial charge >= 0.3 is 5.97 Å². The Labute approximate surface area is 138 Å². The second-order valence-corrected chi connectivity index (χ2v) is 6.43. The van der Waals surface area contributed by atoms with Crippen molar-refractivity contribution in [3.8, 4) is 0 Å². The fraction of sp³-hybridized carbons (Fsp3) is 0.533. The number of rotatable bonds is 9. The van der Waals surface area contributed by atoms with Gasteiger partial charge in [0.2, 0.25) is 6.04 Å². The third-order valence-electron chi connectivity index (χ3n) is 3.33. The molecule has 3 atom stereocenters. The van der Waals surface area contributed by atoms with E-state index in [1.165, 1.54) is 0 Å². The van der Waals surface area contributed by atoms with Crippen molar-refractivity contribution in [2.45, 2.75) is 50.6 Å². The third-order valence-corrected chi connectivity index (χ3v) is 4.61. The van der Waals surface area contributed by atoms with Gasteiger partial charge in [0.15, 0.2) is 0 Å². The minimum Gasteiger partial charge on any atom is -0.466 e. The molecule has 0 saturated heterocycles. The zero-order valence-corrected chi connectivity index (χ0v) is 14.3. The summed E-state index contributed by atoms with van der Waals surface area (Å²) in [5.74, 6) is -0.466. The van der Waals surface area contributed by atoms with E-state index in [0.717, 1.165) is 5.56 Å². The minimum atomic E-state index is -1.55. The highest BCUT2D eigenvalue weighted by Crippen LogP contribution is 2.12. The maximum atomic E-state index is 12.2. The normalized spacial score (nSPS) is 14.7. The molecule has 0 bridgehead atoms. The summed E-state index contributed by atoms with van der Waals surface area (Å²) in [4.78, 5) is 22.6. The largest absolute Gasteiger partial charge is 0.466 e. The van der Waals surface area contributed by atoms with Gasteiger partial charge in [-0.05, 0) is 32.9 Å². The van der Waals surface area contributed by atoms with Crippen LogP contribution >= 0.6 is 0 Å². The van der Waals surface area contributed by atoms with E-state index < -0.39 is 34.0 Å². The van der Waals surface area contributed by atoms with Gasteiger partial charge in [-0.25, -0.2) is 8.93 Å². The molecule has 8 heteroatoms. The molecule has 23 heavy (non-hydrogen) atoms. The summed E-state index contributed by atoms with van der Waals surface area (Å²) in [5.41, 5.74) is 1.04. The molecule has 0 spiro atoms. The van der Waals surface area contributed by atoms with Gasteiger partial charge in [0.25, 0.3) is 0 Å². The van der Waals surface area contributed by atoms with E-state index in [1.807, 2.05) is 19.1 Å². The van der Waals surface area contributed by atoms with Crippen molar-refractivity contribution in [1.82, 2.24) is 4.72 Å². The van der Waals surface area contributed by atoms with Crippen LogP contribution in [0.2, 0.25) is 0 Å². The van der Waals surface area contributed by atoms with E-state index in [2.05, 4.69) is 4.72 Å². The molecular formula is C15H22N2O5S. The van der Waals surface area contributed by atoms with Crippen molar-refractivity contribution in [2.75, 3.05) is 6.61 Å². The van der Waals surface area contributed by atoms with Gasteiger partial charge in [0.05, 0.1) is 24.0 Å². The van der Waals surface area contributed by atoms with Gasteiger partial charge in [-0.2, -0.15) is 0 Å². The Morgan fingerprint density at radius 1 is 1.39 bits per heavy atom. The summed E-state index contributed by atoms with van der Waals surface area (Å²) in [5, 5.41) is 11.2. The van der Waals surface area contributed by atoms with Crippen LogP contribution in [-0.4, -0.2) is 33.8 Å². The lowest BCUT2D eigenvalue weighted by Crippen LogP contribution is -2.43. The van der Waals surface area contributed by atoms with Crippen LogP contribution in [0.1, 0.15) is 32.3 Å². The number of nitro groups is 1. The van der Waals surface area contributed by atoms with Gasteiger partial charge < -0.3 is 4.74 Å². The standard InChI is InChI=1S/C15H22N2O5S/c1-4-22-15(18)10-9-14(17(19)20)12(3)16-23(21)13-7-5-11(2)6-8-13/h5-8,12,14,16H,4,9-10H2,1-3H3/t12-,14+,23-/m0/s1. The summed E-state index contributed by atoms with van der Waals surface area (Å²) in [6.07, 6.45) is -0.00618. The van der Waals surface area contributed by atoms with E-state index in [-0.39, 0.29) is 19.4 Å². The molecule has 1 N–H and O–H groups in total. The molecule has 1 aromatic carbocycles. The molecule has 0 heterocycles. The highest BCUT2D eigenvalue weighted by Gasteiger charge is 2.30. The molecule has 0 aliphatic rings. The SMILES string of the molecule is CCOC(=O)CC[C@H]([C@H](C)N[S@@](=O)c1ccc(C)cc1)[N+](=O)[O-]. The van der Waals surface area contributed by atoms with E-state index in [4.69, 9.17) is 4.74 Å². The zero-order valence-electron chi connectivity index (χ0n) is 13.5. The summed E-state index contributed by atoms with van der Waals surface area (Å²) >= 11 is 0. The second-order valence-electron chi connectivity index (χ2n) is 5.18. The molecule has 1 rings (SSSR count). The Bertz CT molecular complexity index is 561. The molecule has 128 valence electrons. The smallest absolute Gasteiger partial charge is 0.306 e. The monoisotopic (exact) mass is 342 g/mol. The van der Waals surface area contributed by atoms with Gasteiger partial charge in [0.1, 0.15) is 11.0 Å². The Kier molecular flexibility index (Phi) is 7.84. The summed E-state index contributed by atoms with van der Waals surface area (Å²) in [6, 6.07) is 5.40. The average molecular weight is 342 g/mol. The number of benzene rings is 1. The van der Waals surface area contributed by atoms with Crippen LogP contribution in [0.3, 0.4) is 0 Å². The first-order valence-electron chi connectivity index (χ1n) is 7.38. The highest BCUT2D eigenvalue weighted by molar-refractivity contribution is 7.83. The van der Waals surface area contributed by atoms with Crippen LogP contribution in [-0.2, 0) is 20.5 Å². The molecule has 0 unspecified atom stereocenters. The lowest BCUT2D eigenvalue weighted by Gasteiger charge is -2.17. The summed E-state index contributed by atoms with van der Waals surface area (Å²) in [6.45, 7) is 5.43. The van der Waals surface area contributed by atoms with E-state index in [0.29, 0.717) is 4.90 Å². The van der Waals surface area contributed by atoms with E-state index in [1.54, 1.807) is 26.0 Å². The van der Waals surface area contributed by atoms with E-state index >= 15 is 0 Å². The lowest BCUT2D eigenvalue weighted by molar-refractivity contribution is -0.526. The number of aryl methyl sites for hydroxylation is 1. The minimum absolute atomic E-state index is 0.0328. The predicted molar refractivity (Wildman–Crippen MR) is 86.8 cm³/mol. The van der Waals surface area contributed by atoms with Crippen LogP contribution in [0.5, 0.6) is 0 Å². The molecule has 0 fully saturated rings. The van der Waals surface area contributed by atoms with Gasteiger partial charge in [-0.3, -0.25) is 14.9 Å². The quantitative estimate of drug-likeness (QED) is 0.420. The first-order valence-corrected chi connectivity index (χ1v) is 8.53. The summed E-state index contributed by atoms with van der Waals surface area (Å²) < 4.78 is 19.7. The van der Waals surface area contributed by atoms with Gasteiger partial charge in [0, 0.05) is 11.3 Å². The fourth-order valence-corrected chi connectivity index (χ4v) is 3.03. The molecule has 1 aromatic rings. The predicted octanol–water partition coefficient (Wildman–Crippen LogP) is 1.98. The highest BCUT2D eigenvalue weighted by atomic mass is 32.2. The first-order chi connectivity index (χ1) is 10.8. The first kappa shape index (κ1) is 19.2. The molecule has 0 amide bonds. The van der Waals surface area contributed by atoms with E-state index in [9.17, 15) is 19.1 Å². The van der Waals surface area contributed by atoms with Crippen molar-refractivity contribution in [3.63, 3.8) is 0 Å². The Balaban J connectivity index is 2.64. The van der Waals surface area contributed by atoms with Crippen molar-refractivity contribution < 1.29 is 18.7 Å². The number of ether oxygens (including phenoxy) is 1. The topological polar surface area (TPSA) is 98.5 Å². The Morgan fingerprint density at radius 2 is 2.00 bits per heavy atom. The van der Waals surface area contributed by atoms with Crippen molar-refractivity contribution in [1.29, 1.82) is 0 Å². The van der Waals surface area contributed by atoms with Gasteiger partial charge in [-0.15, -0.1) is 0 Å². The lowest BCUT2D eigenvalue weighted by atomic mass is 10.1. The van der Waals surface area contributed by atoms with Gasteiger partial charge in [-0.1, -0.05) is 17.7 Å². The molecule has 0 aromatic heterocycles. The molecule has 7 nitrogen and oxygen atoms in total. The maximum Gasteiger partial charge on any atom is 0.306 e. The maximum absolute atomic E-state index is 12.2. The number of carbonyl (C=O) groups excluding carboxylic acids is 1. The van der Waals surface area contributed by atoms with Crippen LogP contribution in [0.15, 0.2) is 29.2 Å². The van der Waals surface area contributed by atoms with Crippen molar-refractivity contribution >= 4 is 17.0 Å². The van der Waals surface area contributed by atoms with Crippen LogP contribution < -0.4 is 4.72 Å². The molecule has 0 aliphatic carbocycles. The fourth-order valence-electron chi connectivity index (χ4n) is 2.01.